The number of benzene rings is 2. The molecule has 0 atom stereocenters. The van der Waals surface area contributed by atoms with Crippen LogP contribution in [0, 0.1) is 0 Å². The number of methoxy groups -OCH3 is 1. The molecule has 2 heterocycles. The van der Waals surface area contributed by atoms with Gasteiger partial charge in [-0.3, -0.25) is 4.68 Å². The van der Waals surface area contributed by atoms with Crippen molar-refractivity contribution in [1.29, 1.82) is 0 Å². The van der Waals surface area contributed by atoms with Gasteiger partial charge in [0.25, 0.3) is 0 Å². The van der Waals surface area contributed by atoms with E-state index in [1.54, 1.807) is 38.6 Å². The molecule has 0 saturated heterocycles. The Kier molecular flexibility index (Phi) is 4.87. The lowest BCUT2D eigenvalue weighted by molar-refractivity contribution is 0.0697. The minimum Gasteiger partial charge on any atom is -0.497 e. The van der Waals surface area contributed by atoms with Crippen molar-refractivity contribution in [2.45, 2.75) is 6.54 Å². The molecule has 4 rings (SSSR count). The number of hydrogen-bond donors (Lipinski definition) is 2. The van der Waals surface area contributed by atoms with Crippen molar-refractivity contribution < 1.29 is 14.6 Å². The maximum Gasteiger partial charge on any atom is 0.336 e. The fraction of sp³-hybridized carbons (Fsp3) is 0.136. The molecule has 0 aliphatic heterocycles. The SMILES string of the molecule is CNc1nccc2c1c(-c1ccccc1C(=O)O)nn2Cc1ccc(OC)cc1. The van der Waals surface area contributed by atoms with E-state index >= 15 is 0 Å². The molecule has 0 fully saturated rings. The first-order chi connectivity index (χ1) is 14.1. The number of fused-ring (bicyclic) bond motifs is 1. The summed E-state index contributed by atoms with van der Waals surface area (Å²) < 4.78 is 7.09. The van der Waals surface area contributed by atoms with Crippen molar-refractivity contribution in [2.75, 3.05) is 19.5 Å². The van der Waals surface area contributed by atoms with Gasteiger partial charge in [0.2, 0.25) is 0 Å². The lowest BCUT2D eigenvalue weighted by Crippen LogP contribution is -2.03. The van der Waals surface area contributed by atoms with E-state index in [1.807, 2.05) is 41.1 Å². The van der Waals surface area contributed by atoms with Gasteiger partial charge in [0.1, 0.15) is 17.3 Å². The summed E-state index contributed by atoms with van der Waals surface area (Å²) >= 11 is 0. The maximum atomic E-state index is 11.8. The van der Waals surface area contributed by atoms with Gasteiger partial charge in [0, 0.05) is 18.8 Å². The van der Waals surface area contributed by atoms with E-state index in [1.165, 1.54) is 0 Å². The molecule has 0 aliphatic rings. The lowest BCUT2D eigenvalue weighted by Gasteiger charge is -2.06. The van der Waals surface area contributed by atoms with Crippen LogP contribution >= 0.6 is 0 Å². The van der Waals surface area contributed by atoms with Crippen LogP contribution in [0.1, 0.15) is 15.9 Å². The normalized spacial score (nSPS) is 10.8. The summed E-state index contributed by atoms with van der Waals surface area (Å²) in [6.45, 7) is 0.531. The van der Waals surface area contributed by atoms with E-state index in [9.17, 15) is 9.90 Å². The second-order valence-corrected chi connectivity index (χ2v) is 6.51. The van der Waals surface area contributed by atoms with Crippen LogP contribution in [0.3, 0.4) is 0 Å². The van der Waals surface area contributed by atoms with Crippen LogP contribution in [-0.2, 0) is 6.54 Å². The van der Waals surface area contributed by atoms with E-state index < -0.39 is 5.97 Å². The molecule has 2 N–H and O–H groups in total. The summed E-state index contributed by atoms with van der Waals surface area (Å²) in [5, 5.41) is 18.3. The molecule has 0 amide bonds. The summed E-state index contributed by atoms with van der Waals surface area (Å²) in [6, 6.07) is 16.5. The molecular formula is C22H20N4O3. The molecule has 29 heavy (non-hydrogen) atoms. The molecular weight excluding hydrogens is 368 g/mol. The first-order valence-corrected chi connectivity index (χ1v) is 9.11. The Morgan fingerprint density at radius 2 is 1.90 bits per heavy atom. The number of pyridine rings is 1. The number of nitrogens with zero attached hydrogens (tertiary/aromatic N) is 3. The third-order valence-corrected chi connectivity index (χ3v) is 4.81. The number of anilines is 1. The van der Waals surface area contributed by atoms with Crippen LogP contribution in [-0.4, -0.2) is 40.0 Å². The van der Waals surface area contributed by atoms with E-state index in [-0.39, 0.29) is 5.56 Å². The highest BCUT2D eigenvalue weighted by Crippen LogP contribution is 2.34. The summed E-state index contributed by atoms with van der Waals surface area (Å²) in [5.41, 5.74) is 3.27. The lowest BCUT2D eigenvalue weighted by atomic mass is 10.0. The van der Waals surface area contributed by atoms with Crippen molar-refractivity contribution >= 4 is 22.7 Å². The van der Waals surface area contributed by atoms with Crippen LogP contribution in [0.4, 0.5) is 5.82 Å². The highest BCUT2D eigenvalue weighted by Gasteiger charge is 2.20. The van der Waals surface area contributed by atoms with E-state index in [2.05, 4.69) is 10.3 Å². The van der Waals surface area contributed by atoms with Gasteiger partial charge >= 0.3 is 5.97 Å². The standard InChI is InChI=1S/C22H20N4O3/c1-23-21-19-18(11-12-24-21)26(13-14-7-9-15(29-2)10-8-14)25-20(19)16-5-3-4-6-17(16)22(27)28/h3-12H,13H2,1-2H3,(H,23,24)(H,27,28). The highest BCUT2D eigenvalue weighted by molar-refractivity contribution is 6.05. The number of carboxylic acids is 1. The smallest absolute Gasteiger partial charge is 0.336 e. The number of hydrogen-bond acceptors (Lipinski definition) is 5. The molecule has 0 unspecified atom stereocenters. The maximum absolute atomic E-state index is 11.8. The first kappa shape index (κ1) is 18.5. The topological polar surface area (TPSA) is 89.3 Å². The number of nitrogens with one attached hydrogen (secondary N) is 1. The van der Waals surface area contributed by atoms with Crippen molar-refractivity contribution in [3.63, 3.8) is 0 Å². The Morgan fingerprint density at radius 1 is 1.14 bits per heavy atom. The van der Waals surface area contributed by atoms with E-state index in [0.29, 0.717) is 23.6 Å². The number of carboxylic acid groups (broad SMARTS) is 1. The van der Waals surface area contributed by atoms with Gasteiger partial charge in [0.15, 0.2) is 0 Å². The minimum absolute atomic E-state index is 0.203. The predicted octanol–water partition coefficient (Wildman–Crippen LogP) is 3.90. The Labute approximate surface area is 167 Å². The largest absolute Gasteiger partial charge is 0.497 e. The molecule has 0 saturated carbocycles. The summed E-state index contributed by atoms with van der Waals surface area (Å²) in [4.78, 5) is 16.2. The molecule has 146 valence electrons. The van der Waals surface area contributed by atoms with E-state index in [4.69, 9.17) is 9.84 Å². The van der Waals surface area contributed by atoms with Gasteiger partial charge in [0.05, 0.1) is 30.1 Å². The van der Waals surface area contributed by atoms with Gasteiger partial charge in [-0.15, -0.1) is 0 Å². The van der Waals surface area contributed by atoms with Gasteiger partial charge in [-0.25, -0.2) is 9.78 Å². The second-order valence-electron chi connectivity index (χ2n) is 6.51. The zero-order chi connectivity index (χ0) is 20.4. The third-order valence-electron chi connectivity index (χ3n) is 4.81. The number of carbonyl (C=O) groups is 1. The molecule has 4 aromatic rings. The van der Waals surface area contributed by atoms with Crippen LogP contribution in [0.5, 0.6) is 5.75 Å². The quantitative estimate of drug-likeness (QED) is 0.521. The minimum atomic E-state index is -0.992. The van der Waals surface area contributed by atoms with Crippen molar-refractivity contribution in [2.24, 2.45) is 0 Å². The summed E-state index contributed by atoms with van der Waals surface area (Å²) in [5.74, 6) is 0.448. The van der Waals surface area contributed by atoms with E-state index in [0.717, 1.165) is 22.2 Å². The number of aromatic nitrogens is 3. The zero-order valence-electron chi connectivity index (χ0n) is 16.1. The highest BCUT2D eigenvalue weighted by atomic mass is 16.5. The van der Waals surface area contributed by atoms with Gasteiger partial charge in [-0.1, -0.05) is 30.3 Å². The average molecular weight is 388 g/mol. The molecule has 2 aromatic carbocycles. The summed E-state index contributed by atoms with van der Waals surface area (Å²) in [6.07, 6.45) is 1.72. The van der Waals surface area contributed by atoms with Gasteiger partial charge < -0.3 is 15.2 Å². The van der Waals surface area contributed by atoms with Crippen molar-refractivity contribution in [1.82, 2.24) is 14.8 Å². The Hall–Kier alpha value is -3.87. The fourth-order valence-corrected chi connectivity index (χ4v) is 3.40. The Bertz CT molecular complexity index is 1180. The molecule has 7 heteroatoms. The molecule has 7 nitrogen and oxygen atoms in total. The molecule has 0 radical (unpaired) electrons. The Balaban J connectivity index is 1.90. The third kappa shape index (κ3) is 3.38. The van der Waals surface area contributed by atoms with Gasteiger partial charge in [-0.2, -0.15) is 5.10 Å². The number of ether oxygens (including phenoxy) is 1. The van der Waals surface area contributed by atoms with Crippen LogP contribution in [0.25, 0.3) is 22.2 Å². The fourth-order valence-electron chi connectivity index (χ4n) is 3.40. The Morgan fingerprint density at radius 3 is 2.59 bits per heavy atom. The summed E-state index contributed by atoms with van der Waals surface area (Å²) in [7, 11) is 3.42. The van der Waals surface area contributed by atoms with Crippen molar-refractivity contribution in [3.05, 3.63) is 71.9 Å². The second kappa shape index (κ2) is 7.63. The molecule has 0 aliphatic carbocycles. The number of aromatic carboxylic acids is 1. The molecule has 0 bridgehead atoms. The van der Waals surface area contributed by atoms with Crippen molar-refractivity contribution in [3.8, 4) is 17.0 Å². The number of rotatable bonds is 6. The molecule has 2 aromatic heterocycles. The zero-order valence-corrected chi connectivity index (χ0v) is 16.1. The van der Waals surface area contributed by atoms with Gasteiger partial charge in [-0.05, 0) is 29.8 Å². The monoisotopic (exact) mass is 388 g/mol. The first-order valence-electron chi connectivity index (χ1n) is 9.11. The van der Waals surface area contributed by atoms with Crippen LogP contribution in [0.15, 0.2) is 60.8 Å². The van der Waals surface area contributed by atoms with Crippen LogP contribution < -0.4 is 10.1 Å². The predicted molar refractivity (Wildman–Crippen MR) is 112 cm³/mol. The average Bonchev–Trinajstić information content (AvgIpc) is 3.12. The molecule has 0 spiro atoms. The van der Waals surface area contributed by atoms with Crippen LogP contribution in [0.2, 0.25) is 0 Å².